The number of nitrogens with one attached hydrogen (secondary N) is 1. The largest absolute Gasteiger partial charge is 0.306 e. The first-order chi connectivity index (χ1) is 9.20. The van der Waals surface area contributed by atoms with Gasteiger partial charge in [-0.3, -0.25) is 0 Å². The van der Waals surface area contributed by atoms with Crippen molar-refractivity contribution < 1.29 is 0 Å². The molecule has 2 heteroatoms. The van der Waals surface area contributed by atoms with Crippen molar-refractivity contribution in [3.8, 4) is 0 Å². The van der Waals surface area contributed by atoms with Crippen LogP contribution in [0.25, 0.3) is 0 Å². The van der Waals surface area contributed by atoms with Crippen LogP contribution >= 0.6 is 11.3 Å². The molecule has 1 heterocycles. The van der Waals surface area contributed by atoms with E-state index in [9.17, 15) is 0 Å². The van der Waals surface area contributed by atoms with Crippen LogP contribution in [0.15, 0.2) is 36.4 Å². The van der Waals surface area contributed by atoms with Crippen molar-refractivity contribution in [3.05, 3.63) is 57.3 Å². The Hall–Kier alpha value is -1.12. The summed E-state index contributed by atoms with van der Waals surface area (Å²) in [5, 5.41) is 3.71. The highest BCUT2D eigenvalue weighted by Crippen LogP contribution is 2.23. The summed E-state index contributed by atoms with van der Waals surface area (Å²) in [6.45, 7) is 7.61. The first kappa shape index (κ1) is 14.3. The van der Waals surface area contributed by atoms with E-state index in [1.165, 1.54) is 33.7 Å². The number of thiophene rings is 1. The number of hydrogen-bond acceptors (Lipinski definition) is 2. The van der Waals surface area contributed by atoms with Gasteiger partial charge in [0.15, 0.2) is 0 Å². The van der Waals surface area contributed by atoms with Gasteiger partial charge >= 0.3 is 0 Å². The lowest BCUT2D eigenvalue weighted by atomic mass is 10.0. The molecule has 0 amide bonds. The minimum atomic E-state index is 0.464. The maximum Gasteiger partial charge on any atom is 0.0323 e. The van der Waals surface area contributed by atoms with E-state index in [1.807, 2.05) is 11.3 Å². The Bertz CT molecular complexity index is 501. The summed E-state index contributed by atoms with van der Waals surface area (Å²) < 4.78 is 0. The highest BCUT2D eigenvalue weighted by atomic mass is 32.1. The van der Waals surface area contributed by atoms with Gasteiger partial charge in [0.1, 0.15) is 0 Å². The Labute approximate surface area is 120 Å². The normalized spacial score (nSPS) is 12.6. The quantitative estimate of drug-likeness (QED) is 0.781. The van der Waals surface area contributed by atoms with Gasteiger partial charge in [0.05, 0.1) is 0 Å². The van der Waals surface area contributed by atoms with Crippen LogP contribution in [0, 0.1) is 13.8 Å². The predicted molar refractivity (Wildman–Crippen MR) is 84.7 cm³/mol. The fourth-order valence-electron chi connectivity index (χ4n) is 2.45. The molecule has 1 N–H and O–H groups in total. The Balaban J connectivity index is 2.03. The summed E-state index contributed by atoms with van der Waals surface area (Å²) >= 11 is 1.89. The van der Waals surface area contributed by atoms with Crippen molar-refractivity contribution in [2.75, 3.05) is 0 Å². The lowest BCUT2D eigenvalue weighted by Gasteiger charge is -2.18. The topological polar surface area (TPSA) is 12.0 Å². The van der Waals surface area contributed by atoms with E-state index in [2.05, 4.69) is 62.5 Å². The molecule has 2 aromatic rings. The van der Waals surface area contributed by atoms with Crippen molar-refractivity contribution in [2.45, 2.75) is 46.2 Å². The van der Waals surface area contributed by atoms with Gasteiger partial charge in [0.25, 0.3) is 0 Å². The lowest BCUT2D eigenvalue weighted by molar-refractivity contribution is 0.493. The second-order valence-electron chi connectivity index (χ2n) is 5.07. The molecule has 102 valence electrons. The monoisotopic (exact) mass is 273 g/mol. The number of benzene rings is 1. The van der Waals surface area contributed by atoms with Crippen LogP contribution in [-0.4, -0.2) is 0 Å². The molecule has 1 atom stereocenters. The predicted octanol–water partition coefficient (Wildman–Crippen LogP) is 5.00. The number of rotatable bonds is 6. The molecule has 0 fully saturated rings. The number of aryl methyl sites for hydroxylation is 2. The van der Waals surface area contributed by atoms with E-state index in [4.69, 9.17) is 0 Å². The third-order valence-electron chi connectivity index (χ3n) is 3.46. The molecule has 0 saturated carbocycles. The fourth-order valence-corrected chi connectivity index (χ4v) is 3.40. The van der Waals surface area contributed by atoms with Gasteiger partial charge in [-0.15, -0.1) is 11.3 Å². The molecule has 0 radical (unpaired) electrons. The second-order valence-corrected chi connectivity index (χ2v) is 6.53. The van der Waals surface area contributed by atoms with E-state index in [0.29, 0.717) is 6.04 Å². The first-order valence-corrected chi connectivity index (χ1v) is 7.86. The molecule has 19 heavy (non-hydrogen) atoms. The Morgan fingerprint density at radius 1 is 1.16 bits per heavy atom. The van der Waals surface area contributed by atoms with Crippen LogP contribution in [-0.2, 0) is 6.54 Å². The van der Waals surface area contributed by atoms with Crippen molar-refractivity contribution in [1.82, 2.24) is 5.32 Å². The molecule has 1 unspecified atom stereocenters. The summed E-state index contributed by atoms with van der Waals surface area (Å²) in [6, 6.07) is 13.5. The van der Waals surface area contributed by atoms with Gasteiger partial charge < -0.3 is 5.32 Å². The molecule has 1 aromatic carbocycles. The molecule has 0 aliphatic heterocycles. The minimum absolute atomic E-state index is 0.464. The third-order valence-corrected chi connectivity index (χ3v) is 4.47. The van der Waals surface area contributed by atoms with Crippen molar-refractivity contribution >= 4 is 11.3 Å². The fraction of sp³-hybridized carbons (Fsp3) is 0.412. The van der Waals surface area contributed by atoms with Crippen LogP contribution in [0.3, 0.4) is 0 Å². The smallest absolute Gasteiger partial charge is 0.0323 e. The highest BCUT2D eigenvalue weighted by Gasteiger charge is 2.11. The molecule has 1 nitrogen and oxygen atoms in total. The molecule has 0 bridgehead atoms. The summed E-state index contributed by atoms with van der Waals surface area (Å²) in [6.07, 6.45) is 2.39. The van der Waals surface area contributed by atoms with Gasteiger partial charge in [-0.1, -0.05) is 43.7 Å². The van der Waals surface area contributed by atoms with E-state index in [-0.39, 0.29) is 0 Å². The van der Waals surface area contributed by atoms with Gasteiger partial charge in [-0.25, -0.2) is 0 Å². The second kappa shape index (κ2) is 6.88. The Kier molecular flexibility index (Phi) is 5.17. The zero-order valence-electron chi connectivity index (χ0n) is 12.1. The summed E-state index contributed by atoms with van der Waals surface area (Å²) in [7, 11) is 0. The van der Waals surface area contributed by atoms with Gasteiger partial charge in [0.2, 0.25) is 0 Å². The van der Waals surface area contributed by atoms with Crippen molar-refractivity contribution in [2.24, 2.45) is 0 Å². The zero-order chi connectivity index (χ0) is 13.7. The van der Waals surface area contributed by atoms with E-state index in [0.717, 1.165) is 6.54 Å². The molecule has 0 aliphatic carbocycles. The molecule has 0 saturated heterocycles. The average molecular weight is 273 g/mol. The third kappa shape index (κ3) is 3.92. The lowest BCUT2D eigenvalue weighted by Crippen LogP contribution is -2.20. The number of hydrogen-bond donors (Lipinski definition) is 1. The molecule has 0 aliphatic rings. The minimum Gasteiger partial charge on any atom is -0.306 e. The maximum absolute atomic E-state index is 3.71. The molecule has 0 spiro atoms. The summed E-state index contributed by atoms with van der Waals surface area (Å²) in [5.74, 6) is 0. The summed E-state index contributed by atoms with van der Waals surface area (Å²) in [5.41, 5.74) is 2.84. The molecular formula is C17H23NS. The van der Waals surface area contributed by atoms with Crippen LogP contribution in [0.2, 0.25) is 0 Å². The molecule has 2 rings (SSSR count). The standard InChI is InChI=1S/C17H23NS/c1-4-8-17(15-9-6-5-7-10-15)18-12-16-11-13(2)19-14(16)3/h5-7,9-11,17-18H,4,8,12H2,1-3H3. The molecular weight excluding hydrogens is 250 g/mol. The van der Waals surface area contributed by atoms with Crippen LogP contribution in [0.4, 0.5) is 0 Å². The van der Waals surface area contributed by atoms with E-state index >= 15 is 0 Å². The molecule has 1 aromatic heterocycles. The van der Waals surface area contributed by atoms with Crippen molar-refractivity contribution in [3.63, 3.8) is 0 Å². The first-order valence-electron chi connectivity index (χ1n) is 7.05. The van der Waals surface area contributed by atoms with Gasteiger partial charge in [-0.05, 0) is 37.5 Å². The van der Waals surface area contributed by atoms with Crippen molar-refractivity contribution in [1.29, 1.82) is 0 Å². The average Bonchev–Trinajstić information content (AvgIpc) is 2.74. The maximum atomic E-state index is 3.71. The van der Waals surface area contributed by atoms with E-state index in [1.54, 1.807) is 0 Å². The van der Waals surface area contributed by atoms with E-state index < -0.39 is 0 Å². The van der Waals surface area contributed by atoms with Gasteiger partial charge in [-0.2, -0.15) is 0 Å². The highest BCUT2D eigenvalue weighted by molar-refractivity contribution is 7.12. The Morgan fingerprint density at radius 2 is 1.89 bits per heavy atom. The SMILES string of the molecule is CCCC(NCc1cc(C)sc1C)c1ccccc1. The van der Waals surface area contributed by atoms with Gasteiger partial charge in [0, 0.05) is 22.3 Å². The van der Waals surface area contributed by atoms with Crippen LogP contribution < -0.4 is 5.32 Å². The van der Waals surface area contributed by atoms with Crippen LogP contribution in [0.5, 0.6) is 0 Å². The summed E-state index contributed by atoms with van der Waals surface area (Å²) in [4.78, 5) is 2.84. The zero-order valence-corrected chi connectivity index (χ0v) is 12.9. The Morgan fingerprint density at radius 3 is 2.47 bits per heavy atom. The van der Waals surface area contributed by atoms with Crippen LogP contribution in [0.1, 0.15) is 46.7 Å².